The Morgan fingerprint density at radius 3 is 2.69 bits per heavy atom. The van der Waals surface area contributed by atoms with Crippen LogP contribution in [0.5, 0.6) is 0 Å². The first kappa shape index (κ1) is 19.0. The molecule has 2 aromatic carbocycles. The molecule has 1 aliphatic carbocycles. The predicted molar refractivity (Wildman–Crippen MR) is 109 cm³/mol. The van der Waals surface area contributed by atoms with Gasteiger partial charge in [-0.15, -0.1) is 0 Å². The zero-order valence-corrected chi connectivity index (χ0v) is 16.1. The van der Waals surface area contributed by atoms with Crippen LogP contribution in [0, 0.1) is 17.1 Å². The number of aromatic nitrogens is 2. The Morgan fingerprint density at radius 1 is 1.31 bits per heavy atom. The van der Waals surface area contributed by atoms with E-state index in [4.69, 9.17) is 17.3 Å². The Bertz CT molecular complexity index is 1130. The Kier molecular flexibility index (Phi) is 4.95. The molecule has 1 aromatic heterocycles. The highest BCUT2D eigenvalue weighted by Gasteiger charge is 2.29. The molecule has 4 rings (SSSR count). The summed E-state index contributed by atoms with van der Waals surface area (Å²) in [5.41, 5.74) is 8.49. The topological polar surface area (TPSA) is 96.7 Å². The second-order valence-corrected chi connectivity index (χ2v) is 7.38. The number of nitrogens with one attached hydrogen (secondary N) is 1. The van der Waals surface area contributed by atoms with E-state index in [9.17, 15) is 14.4 Å². The maximum Gasteiger partial charge on any atom is 0.228 e. The summed E-state index contributed by atoms with van der Waals surface area (Å²) in [4.78, 5) is 12.2. The summed E-state index contributed by atoms with van der Waals surface area (Å²) in [5, 5.41) is 16.8. The minimum atomic E-state index is -0.550. The van der Waals surface area contributed by atoms with Gasteiger partial charge in [-0.1, -0.05) is 35.9 Å². The lowest BCUT2D eigenvalue weighted by atomic mass is 10.0. The van der Waals surface area contributed by atoms with Crippen molar-refractivity contribution in [1.29, 1.82) is 5.26 Å². The van der Waals surface area contributed by atoms with Crippen LogP contribution in [0.1, 0.15) is 30.0 Å². The molecule has 8 heteroatoms. The highest BCUT2D eigenvalue weighted by molar-refractivity contribution is 6.30. The Labute approximate surface area is 171 Å². The molecular weight excluding hydrogens is 393 g/mol. The van der Waals surface area contributed by atoms with Crippen LogP contribution in [0.3, 0.4) is 0 Å². The largest absolute Gasteiger partial charge is 0.383 e. The highest BCUT2D eigenvalue weighted by atomic mass is 35.5. The van der Waals surface area contributed by atoms with Gasteiger partial charge in [0.05, 0.1) is 18.2 Å². The van der Waals surface area contributed by atoms with Gasteiger partial charge < -0.3 is 11.1 Å². The molecule has 3 aromatic rings. The second-order valence-electron chi connectivity index (χ2n) is 6.94. The molecule has 3 N–H and O–H groups in total. The molecule has 0 bridgehead atoms. The van der Waals surface area contributed by atoms with E-state index in [2.05, 4.69) is 16.5 Å². The fourth-order valence-corrected chi connectivity index (χ4v) is 3.28. The van der Waals surface area contributed by atoms with Crippen molar-refractivity contribution in [2.24, 2.45) is 0 Å². The molecule has 1 saturated carbocycles. The summed E-state index contributed by atoms with van der Waals surface area (Å²) in [5.74, 6) is -0.526. The first-order valence-corrected chi connectivity index (χ1v) is 9.46. The lowest BCUT2D eigenvalue weighted by Gasteiger charge is -2.07. The maximum absolute atomic E-state index is 13.8. The highest BCUT2D eigenvalue weighted by Crippen LogP contribution is 2.39. The quantitative estimate of drug-likeness (QED) is 0.656. The van der Waals surface area contributed by atoms with Crippen molar-refractivity contribution in [2.45, 2.75) is 25.3 Å². The minimum Gasteiger partial charge on any atom is -0.383 e. The van der Waals surface area contributed by atoms with Crippen LogP contribution in [-0.2, 0) is 11.2 Å². The fraction of sp³-hybridized carbons (Fsp3) is 0.190. The van der Waals surface area contributed by atoms with Crippen molar-refractivity contribution in [1.82, 2.24) is 9.78 Å². The number of carbonyl (C=O) groups excluding carboxylic acids is 1. The van der Waals surface area contributed by atoms with E-state index < -0.39 is 5.82 Å². The molecular formula is C21H17ClFN5O. The number of nitrogen functional groups attached to an aromatic ring is 1. The molecule has 0 spiro atoms. The summed E-state index contributed by atoms with van der Waals surface area (Å²) >= 11 is 5.84. The van der Waals surface area contributed by atoms with Gasteiger partial charge in [-0.3, -0.25) is 4.79 Å². The van der Waals surface area contributed by atoms with Gasteiger partial charge in [-0.25, -0.2) is 9.07 Å². The standard InChI is InChI=1S/C21H17ClFN5O/c22-14-5-8-17(23)18(10-14)26-19(29)9-12-1-3-13(4-2-12)20-16(11-24)21(25)28(27-20)15-6-7-15/h1-5,8,10,15H,6-7,9,25H2,(H,26,29). The van der Waals surface area contributed by atoms with Crippen molar-refractivity contribution in [3.05, 3.63) is 64.4 Å². The van der Waals surface area contributed by atoms with Crippen molar-refractivity contribution in [3.8, 4) is 17.3 Å². The number of rotatable bonds is 5. The van der Waals surface area contributed by atoms with Crippen molar-refractivity contribution < 1.29 is 9.18 Å². The first-order chi connectivity index (χ1) is 14.0. The van der Waals surface area contributed by atoms with Crippen LogP contribution in [0.2, 0.25) is 5.02 Å². The lowest BCUT2D eigenvalue weighted by Crippen LogP contribution is -2.15. The molecule has 1 amide bonds. The molecule has 0 radical (unpaired) electrons. The molecule has 29 heavy (non-hydrogen) atoms. The molecule has 0 aliphatic heterocycles. The summed E-state index contributed by atoms with van der Waals surface area (Å²) in [6.45, 7) is 0. The molecule has 0 unspecified atom stereocenters. The van der Waals surface area contributed by atoms with E-state index in [1.54, 1.807) is 28.9 Å². The lowest BCUT2D eigenvalue weighted by molar-refractivity contribution is -0.115. The zero-order valence-electron chi connectivity index (χ0n) is 15.3. The molecule has 1 fully saturated rings. The van der Waals surface area contributed by atoms with E-state index >= 15 is 0 Å². The van der Waals surface area contributed by atoms with Crippen LogP contribution < -0.4 is 11.1 Å². The van der Waals surface area contributed by atoms with Crippen molar-refractivity contribution in [3.63, 3.8) is 0 Å². The third-order valence-corrected chi connectivity index (χ3v) is 4.98. The number of nitrogens with two attached hydrogens (primary N) is 1. The van der Waals surface area contributed by atoms with Crippen LogP contribution in [0.4, 0.5) is 15.9 Å². The number of carbonyl (C=O) groups is 1. The normalized spacial score (nSPS) is 13.1. The number of nitriles is 1. The van der Waals surface area contributed by atoms with Crippen molar-refractivity contribution >= 4 is 29.0 Å². The summed E-state index contributed by atoms with van der Waals surface area (Å²) < 4.78 is 15.5. The Balaban J connectivity index is 1.50. The van der Waals surface area contributed by atoms with Gasteiger partial charge in [0.25, 0.3) is 0 Å². The van der Waals surface area contributed by atoms with E-state index in [-0.39, 0.29) is 24.1 Å². The van der Waals surface area contributed by atoms with Gasteiger partial charge >= 0.3 is 0 Å². The summed E-state index contributed by atoms with van der Waals surface area (Å²) in [7, 11) is 0. The molecule has 0 atom stereocenters. The number of halogens is 2. The van der Waals surface area contributed by atoms with Crippen LogP contribution in [0.15, 0.2) is 42.5 Å². The summed E-state index contributed by atoms with van der Waals surface area (Å²) in [6, 6.07) is 13.5. The SMILES string of the molecule is N#Cc1c(-c2ccc(CC(=O)Nc3cc(Cl)ccc3F)cc2)nn(C2CC2)c1N. The average molecular weight is 410 g/mol. The first-order valence-electron chi connectivity index (χ1n) is 9.08. The molecule has 0 saturated heterocycles. The minimum absolute atomic E-state index is 0.0406. The van der Waals surface area contributed by atoms with E-state index in [1.807, 2.05) is 0 Å². The number of hydrogen-bond acceptors (Lipinski definition) is 4. The number of amides is 1. The third kappa shape index (κ3) is 3.93. The molecule has 6 nitrogen and oxygen atoms in total. The summed E-state index contributed by atoms with van der Waals surface area (Å²) in [6.07, 6.45) is 2.09. The number of anilines is 2. The van der Waals surface area contributed by atoms with Gasteiger partial charge in [0.15, 0.2) is 0 Å². The predicted octanol–water partition coefficient (Wildman–Crippen LogP) is 4.31. The Morgan fingerprint density at radius 2 is 2.03 bits per heavy atom. The smallest absolute Gasteiger partial charge is 0.228 e. The van der Waals surface area contributed by atoms with Crippen LogP contribution in [-0.4, -0.2) is 15.7 Å². The monoisotopic (exact) mass is 409 g/mol. The van der Waals surface area contributed by atoms with Gasteiger partial charge in [-0.2, -0.15) is 10.4 Å². The van der Waals surface area contributed by atoms with Gasteiger partial charge in [0, 0.05) is 10.6 Å². The molecule has 1 aliphatic rings. The Hall–Kier alpha value is -3.37. The van der Waals surface area contributed by atoms with E-state index in [0.29, 0.717) is 22.1 Å². The van der Waals surface area contributed by atoms with E-state index in [1.165, 1.54) is 18.2 Å². The van der Waals surface area contributed by atoms with Crippen LogP contribution >= 0.6 is 11.6 Å². The van der Waals surface area contributed by atoms with Gasteiger partial charge in [-0.05, 0) is 36.6 Å². The van der Waals surface area contributed by atoms with Gasteiger partial charge in [0.2, 0.25) is 5.91 Å². The average Bonchev–Trinajstić information content (AvgIpc) is 3.48. The van der Waals surface area contributed by atoms with E-state index in [0.717, 1.165) is 24.0 Å². The third-order valence-electron chi connectivity index (χ3n) is 4.75. The van der Waals surface area contributed by atoms with Crippen LogP contribution in [0.25, 0.3) is 11.3 Å². The second kappa shape index (κ2) is 7.57. The number of benzene rings is 2. The maximum atomic E-state index is 13.8. The number of nitrogens with zero attached hydrogens (tertiary/aromatic N) is 3. The van der Waals surface area contributed by atoms with Gasteiger partial charge in [0.1, 0.15) is 29.0 Å². The van der Waals surface area contributed by atoms with Crippen molar-refractivity contribution in [2.75, 3.05) is 11.1 Å². The fourth-order valence-electron chi connectivity index (χ4n) is 3.11. The number of hydrogen-bond donors (Lipinski definition) is 2. The zero-order chi connectivity index (χ0) is 20.5. The molecule has 1 heterocycles. The molecule has 146 valence electrons.